The van der Waals surface area contributed by atoms with E-state index in [0.717, 1.165) is 42.7 Å². The van der Waals surface area contributed by atoms with Crippen molar-refractivity contribution in [1.29, 1.82) is 0 Å². The van der Waals surface area contributed by atoms with Crippen LogP contribution in [-0.2, 0) is 0 Å². The molecule has 0 aliphatic rings. The minimum Gasteiger partial charge on any atom is -0.400 e. The SMILES string of the molecule is C.CC(C)c1cc(C(C)C)cc(C(C)C)c1.CCC.CCC.CCC.CO.CO.CO.CO.CO.CO.c1ccc2ccccc2c1.c1ccc2ccccc2c1.c1ccc2ccccc2c1.c1ccc2ccccc2c1.c1ccc2ccccc2c1.c1ccc2ccccc2c1. The zero-order valence-electron chi connectivity index (χ0n) is 61.5. The molecule has 0 aliphatic heterocycles. The second-order valence-electron chi connectivity index (χ2n) is 21.6. The quantitative estimate of drug-likeness (QED) is 0.105. The second kappa shape index (κ2) is 65.8. The highest BCUT2D eigenvalue weighted by Crippen LogP contribution is 2.27. The van der Waals surface area contributed by atoms with Crippen LogP contribution in [0.1, 0.15) is 144 Å². The van der Waals surface area contributed by atoms with Crippen LogP contribution in [0.5, 0.6) is 0 Å². The Morgan fingerprint density at radius 1 is 0.175 bits per heavy atom. The minimum absolute atomic E-state index is 0. The predicted molar refractivity (Wildman–Crippen MR) is 436 cm³/mol. The van der Waals surface area contributed by atoms with Crippen LogP contribution in [0.4, 0.5) is 0 Å². The summed E-state index contributed by atoms with van der Waals surface area (Å²) in [7, 11) is 6.00. The van der Waals surface area contributed by atoms with Crippen molar-refractivity contribution in [3.63, 3.8) is 0 Å². The molecule has 0 saturated heterocycles. The van der Waals surface area contributed by atoms with E-state index in [1.807, 2.05) is 0 Å². The van der Waals surface area contributed by atoms with Crippen LogP contribution in [0.3, 0.4) is 0 Å². The van der Waals surface area contributed by atoms with Crippen molar-refractivity contribution in [2.75, 3.05) is 42.7 Å². The molecular formula is C91H124O6. The molecule has 13 aromatic rings. The molecule has 524 valence electrons. The lowest BCUT2D eigenvalue weighted by Crippen LogP contribution is -1.98. The van der Waals surface area contributed by atoms with Crippen molar-refractivity contribution in [3.05, 3.63) is 326 Å². The molecule has 13 aromatic carbocycles. The smallest absolute Gasteiger partial charge is 0.0319 e. The number of rotatable bonds is 3. The highest BCUT2D eigenvalue weighted by molar-refractivity contribution is 5.85. The Labute approximate surface area is 588 Å². The van der Waals surface area contributed by atoms with Crippen LogP contribution < -0.4 is 0 Å². The van der Waals surface area contributed by atoms with E-state index in [1.54, 1.807) is 0 Å². The summed E-state index contributed by atoms with van der Waals surface area (Å²) in [4.78, 5) is 0. The van der Waals surface area contributed by atoms with Gasteiger partial charge in [0.2, 0.25) is 0 Å². The molecule has 97 heavy (non-hydrogen) atoms. The fraction of sp³-hybridized carbons (Fsp3) is 0.275. The average molecular weight is 1310 g/mol. The molecule has 0 amide bonds. The van der Waals surface area contributed by atoms with Crippen LogP contribution >= 0.6 is 0 Å². The lowest BCUT2D eigenvalue weighted by Gasteiger charge is -2.16. The first-order chi connectivity index (χ1) is 47.0. The Hall–Kier alpha value is -8.82. The summed E-state index contributed by atoms with van der Waals surface area (Å²) in [5, 5.41) is 57.7. The first-order valence-electron chi connectivity index (χ1n) is 33.4. The maximum absolute atomic E-state index is 7.00. The van der Waals surface area contributed by atoms with Gasteiger partial charge in [-0.15, -0.1) is 0 Å². The molecule has 0 heterocycles. The molecule has 0 bridgehead atoms. The normalized spacial score (nSPS) is 8.94. The van der Waals surface area contributed by atoms with Crippen molar-refractivity contribution in [2.45, 2.75) is 128 Å². The van der Waals surface area contributed by atoms with E-state index >= 15 is 0 Å². The number of fused-ring (bicyclic) bond motifs is 6. The fourth-order valence-electron chi connectivity index (χ4n) is 8.50. The van der Waals surface area contributed by atoms with E-state index in [2.05, 4.69) is 392 Å². The van der Waals surface area contributed by atoms with Gasteiger partial charge in [0.25, 0.3) is 0 Å². The van der Waals surface area contributed by atoms with Gasteiger partial charge in [0.15, 0.2) is 0 Å². The Bertz CT molecular complexity index is 2800. The summed E-state index contributed by atoms with van der Waals surface area (Å²) in [5.74, 6) is 1.88. The third-order valence-corrected chi connectivity index (χ3v) is 13.0. The molecule has 13 rings (SSSR count). The standard InChI is InChI=1S/C15H24.6C10H8.3C3H8.6CH4O.CH4/c1-10(2)13-7-14(11(3)4)9-15(8-13)12(5)6;6*1-2-6-10-8-4-3-7-9(10)5-1;3*1-3-2;6*1-2;/h7-12H,1-6H3;6*1-8H;3*3H2,1-2H3;6*2H,1H3;1H4. The van der Waals surface area contributed by atoms with Crippen LogP contribution in [0.2, 0.25) is 0 Å². The molecule has 6 nitrogen and oxygen atoms in total. The molecule has 0 fully saturated rings. The van der Waals surface area contributed by atoms with E-state index in [4.69, 9.17) is 30.6 Å². The summed E-state index contributed by atoms with van der Waals surface area (Å²) >= 11 is 0. The van der Waals surface area contributed by atoms with Gasteiger partial charge < -0.3 is 30.6 Å². The van der Waals surface area contributed by atoms with E-state index < -0.39 is 0 Å². The summed E-state index contributed by atoms with van der Waals surface area (Å²) in [6.07, 6.45) is 3.75. The van der Waals surface area contributed by atoms with Gasteiger partial charge in [-0.1, -0.05) is 419 Å². The minimum atomic E-state index is 0. The number of benzene rings is 13. The lowest BCUT2D eigenvalue weighted by molar-refractivity contribution is 0.399. The van der Waals surface area contributed by atoms with Crippen molar-refractivity contribution in [1.82, 2.24) is 0 Å². The Kier molecular flexibility index (Phi) is 64.2. The number of aliphatic hydroxyl groups excluding tert-OH is 6. The molecule has 0 atom stereocenters. The van der Waals surface area contributed by atoms with E-state index in [0.29, 0.717) is 17.8 Å². The average Bonchev–Trinajstić information content (AvgIpc) is 1.36. The van der Waals surface area contributed by atoms with Gasteiger partial charge in [0.05, 0.1) is 0 Å². The van der Waals surface area contributed by atoms with Gasteiger partial charge in [-0.2, -0.15) is 0 Å². The van der Waals surface area contributed by atoms with Crippen LogP contribution in [0.25, 0.3) is 64.6 Å². The third kappa shape index (κ3) is 41.7. The highest BCUT2D eigenvalue weighted by Gasteiger charge is 2.09. The third-order valence-electron chi connectivity index (χ3n) is 13.0. The summed E-state index contributed by atoms with van der Waals surface area (Å²) < 4.78 is 0. The van der Waals surface area contributed by atoms with Gasteiger partial charge in [-0.3, -0.25) is 0 Å². The van der Waals surface area contributed by atoms with Crippen molar-refractivity contribution >= 4 is 64.6 Å². The Morgan fingerprint density at radius 3 is 0.289 bits per heavy atom. The van der Waals surface area contributed by atoms with Gasteiger partial charge in [-0.05, 0) is 99.1 Å². The molecule has 0 aromatic heterocycles. The van der Waals surface area contributed by atoms with Crippen molar-refractivity contribution < 1.29 is 30.6 Å². The molecule has 6 N–H and O–H groups in total. The van der Waals surface area contributed by atoms with Gasteiger partial charge in [0.1, 0.15) is 0 Å². The van der Waals surface area contributed by atoms with E-state index in [-0.39, 0.29) is 7.43 Å². The molecular weight excluding hydrogens is 1190 g/mol. The number of aliphatic hydroxyl groups is 6. The fourth-order valence-corrected chi connectivity index (χ4v) is 8.50. The maximum Gasteiger partial charge on any atom is 0.0319 e. The molecule has 6 heteroatoms. The lowest BCUT2D eigenvalue weighted by atomic mass is 9.90. The van der Waals surface area contributed by atoms with E-state index in [1.165, 1.54) is 101 Å². The number of hydrogen-bond acceptors (Lipinski definition) is 6. The van der Waals surface area contributed by atoms with Gasteiger partial charge in [-0.25, -0.2) is 0 Å². The predicted octanol–water partition coefficient (Wildman–Crippen LogP) is 24.6. The topological polar surface area (TPSA) is 121 Å². The molecule has 0 radical (unpaired) electrons. The maximum atomic E-state index is 7.00. The zero-order chi connectivity index (χ0) is 72.6. The van der Waals surface area contributed by atoms with Crippen LogP contribution in [0.15, 0.2) is 309 Å². The molecule has 0 aliphatic carbocycles. The second-order valence-corrected chi connectivity index (χ2v) is 21.6. The van der Waals surface area contributed by atoms with Crippen molar-refractivity contribution in [3.8, 4) is 0 Å². The molecule has 0 spiro atoms. The highest BCUT2D eigenvalue weighted by atomic mass is 16.2. The molecule has 0 unspecified atom stereocenters. The Balaban J connectivity index is -0.000000497. The van der Waals surface area contributed by atoms with E-state index in [9.17, 15) is 0 Å². The summed E-state index contributed by atoms with van der Waals surface area (Å²) in [5.41, 5.74) is 4.43. The summed E-state index contributed by atoms with van der Waals surface area (Å²) in [6, 6.07) is 107. The largest absolute Gasteiger partial charge is 0.400 e. The first kappa shape index (κ1) is 94.6. The monoisotopic (exact) mass is 1310 g/mol. The molecule has 0 saturated carbocycles. The van der Waals surface area contributed by atoms with Crippen molar-refractivity contribution in [2.24, 2.45) is 0 Å². The number of hydrogen-bond donors (Lipinski definition) is 6. The first-order valence-corrected chi connectivity index (χ1v) is 33.4. The van der Waals surface area contributed by atoms with Crippen LogP contribution in [0, 0.1) is 0 Å². The zero-order valence-corrected chi connectivity index (χ0v) is 61.5. The van der Waals surface area contributed by atoms with Crippen LogP contribution in [-0.4, -0.2) is 73.3 Å². The van der Waals surface area contributed by atoms with Gasteiger partial charge >= 0.3 is 0 Å². The Morgan fingerprint density at radius 2 is 0.237 bits per heavy atom. The van der Waals surface area contributed by atoms with Gasteiger partial charge in [0, 0.05) is 42.7 Å². The summed E-state index contributed by atoms with van der Waals surface area (Å²) in [6.45, 7) is 26.4.